The first-order valence-electron chi connectivity index (χ1n) is 18.4. The molecule has 8 heteroatoms. The van der Waals surface area contributed by atoms with E-state index in [0.717, 1.165) is 114 Å². The maximum absolute atomic E-state index is 5.54. The predicted octanol–water partition coefficient (Wildman–Crippen LogP) is 9.42. The zero-order valence-corrected chi connectivity index (χ0v) is 31.5. The summed E-state index contributed by atoms with van der Waals surface area (Å²) in [7, 11) is 6.75. The van der Waals surface area contributed by atoms with Gasteiger partial charge < -0.3 is 38.9 Å². The molecule has 0 unspecified atom stereocenters. The van der Waals surface area contributed by atoms with Gasteiger partial charge in [-0.05, 0) is 0 Å². The summed E-state index contributed by atoms with van der Waals surface area (Å²) >= 11 is 0. The van der Waals surface area contributed by atoms with Gasteiger partial charge in [-0.3, -0.25) is 0 Å². The largest absolute Gasteiger partial charge is 0.495 e. The van der Waals surface area contributed by atoms with Crippen molar-refractivity contribution in [1.82, 2.24) is 19.9 Å². The van der Waals surface area contributed by atoms with Crippen LogP contribution in [-0.4, -0.2) is 48.4 Å². The highest BCUT2D eigenvalue weighted by Crippen LogP contribution is 2.41. The lowest BCUT2D eigenvalue weighted by molar-refractivity contribution is 0.414. The quantitative estimate of drug-likeness (QED) is 0.117. The molecule has 8 bridgehead atoms. The molecule has 4 aromatic carbocycles. The fourth-order valence-electron chi connectivity index (χ4n) is 7.60. The van der Waals surface area contributed by atoms with Gasteiger partial charge in [-0.1, -0.05) is 0 Å². The van der Waals surface area contributed by atoms with Gasteiger partial charge in [0.25, 0.3) is 0 Å². The van der Waals surface area contributed by atoms with Crippen molar-refractivity contribution in [3.05, 3.63) is 237 Å². The first-order valence-corrected chi connectivity index (χ1v) is 18.4. The van der Waals surface area contributed by atoms with Crippen molar-refractivity contribution in [3.8, 4) is 23.0 Å². The van der Waals surface area contributed by atoms with E-state index < -0.39 is 0 Å². The molecule has 9 rings (SSSR count). The van der Waals surface area contributed by atoms with Crippen molar-refractivity contribution in [3.63, 3.8) is 0 Å². The number of fused-ring (bicyclic) bond motifs is 8. The Morgan fingerprint density at radius 2 is 0.411 bits per heavy atom. The molecule has 0 amide bonds. The van der Waals surface area contributed by atoms with Crippen molar-refractivity contribution in [1.29, 1.82) is 0 Å². The molecule has 8 aromatic rings. The highest BCUT2D eigenvalue weighted by Gasteiger charge is 2.37. The number of hydrogen-bond donors (Lipinski definition) is 4. The molecule has 1 aliphatic heterocycles. The summed E-state index contributed by atoms with van der Waals surface area (Å²) in [4.78, 5) is 15.3. The monoisotopic (exact) mass is 736 g/mol. The van der Waals surface area contributed by atoms with Crippen LogP contribution in [0.25, 0.3) is 0 Å². The minimum absolute atomic E-state index is 0.795. The number of benzene rings is 4. The smallest absolute Gasteiger partial charge is 0.134 e. The number of ether oxygens (including phenoxy) is 4. The fourth-order valence-corrected chi connectivity index (χ4v) is 7.60. The van der Waals surface area contributed by atoms with Crippen molar-refractivity contribution >= 4 is 0 Å². The molecule has 0 aliphatic carbocycles. The van der Waals surface area contributed by atoms with Crippen LogP contribution in [0.4, 0.5) is 0 Å². The summed E-state index contributed by atoms with van der Waals surface area (Å²) in [5.74, 6) is 7.27. The summed E-state index contributed by atoms with van der Waals surface area (Å²) in [5, 5.41) is 0. The molecule has 0 saturated carbocycles. The Hall–Kier alpha value is -7.32. The second kappa shape index (κ2) is 14.5. The maximum Gasteiger partial charge on any atom is 0.134 e. The van der Waals surface area contributed by atoms with Gasteiger partial charge >= 0.3 is 0 Å². The molecule has 4 aromatic heterocycles. The van der Waals surface area contributed by atoms with Gasteiger partial charge in [-0.15, -0.1) is 0 Å². The van der Waals surface area contributed by atoms with Gasteiger partial charge in [0.1, 0.15) is 92.2 Å². The van der Waals surface area contributed by atoms with E-state index in [2.05, 4.69) is 117 Å². The van der Waals surface area contributed by atoms with E-state index >= 15 is 0 Å². The van der Waals surface area contributed by atoms with Crippen molar-refractivity contribution < 1.29 is 18.9 Å². The normalized spacial score (nSPS) is 12.5. The molecule has 1 aliphatic rings. The predicted molar refractivity (Wildman–Crippen MR) is 217 cm³/mol. The fraction of sp³-hybridized carbons (Fsp3) is 0.0833. The summed E-state index contributed by atoms with van der Waals surface area (Å²) in [6, 6.07) is 50.0. The Bertz CT molecular complexity index is 2110. The number of methoxy groups -OCH3 is 4. The van der Waals surface area contributed by atoms with E-state index in [1.54, 1.807) is 28.4 Å². The highest BCUT2D eigenvalue weighted by atomic mass is 16.5. The van der Waals surface area contributed by atoms with E-state index in [9.17, 15) is 0 Å². The van der Waals surface area contributed by atoms with E-state index in [-0.39, 0.29) is 0 Å². The molecule has 56 heavy (non-hydrogen) atoms. The maximum atomic E-state index is 5.54. The lowest BCUT2D eigenvalue weighted by Crippen LogP contribution is -2.12. The molecule has 5 heterocycles. The van der Waals surface area contributed by atoms with Gasteiger partial charge in [-0.2, -0.15) is 0 Å². The SMILES string of the molecule is COc1ccc([C+]2c3ccc([nH]3)[C+](c3ccc(OC)cc3)c3ccc([nH]3)[C+](c3ccc(OC)cc3)c3ccc([nH]3)[C+](c3ccc(OC)cc3)c3ccc2[nH]3)cc1. The number of aromatic nitrogens is 4. The molecule has 0 saturated heterocycles. The summed E-state index contributed by atoms with van der Waals surface area (Å²) in [5.41, 5.74) is 11.8. The number of H-pyrrole nitrogens is 4. The minimum Gasteiger partial charge on any atom is -0.495 e. The molecule has 0 atom stereocenters. The first-order chi connectivity index (χ1) is 27.5. The topological polar surface area (TPSA) is 100 Å². The van der Waals surface area contributed by atoms with Gasteiger partial charge in [0, 0.05) is 97.1 Å². The minimum atomic E-state index is 0.795. The standard InChI is InChI=1S/C48H40N4O4/c1-53-33-13-5-29(6-14-33)45-37-21-23-39(49-37)46(30-7-15-34(54-2)16-8-30)41-25-27-43(51-41)48(32-11-19-36(56-4)20-12-32)44-28-26-42(52-44)47(40-24-22-38(45)50-40)31-9-17-35(55-3)18-10-31/h5-28,49-52H,1-4H3/q+4. The van der Waals surface area contributed by atoms with Gasteiger partial charge in [0.2, 0.25) is 0 Å². The number of aromatic amines is 4. The van der Waals surface area contributed by atoms with Crippen LogP contribution >= 0.6 is 0 Å². The third kappa shape index (κ3) is 6.27. The van der Waals surface area contributed by atoms with Crippen LogP contribution in [0, 0.1) is 23.7 Å². The molecule has 272 valence electrons. The Morgan fingerprint density at radius 1 is 0.250 bits per heavy atom. The van der Waals surface area contributed by atoms with Gasteiger partial charge in [0.15, 0.2) is 0 Å². The third-order valence-corrected chi connectivity index (χ3v) is 10.4. The number of rotatable bonds is 8. The molecule has 0 radical (unpaired) electrons. The number of nitrogens with one attached hydrogen (secondary N) is 4. The lowest BCUT2D eigenvalue weighted by Gasteiger charge is -2.14. The zero-order chi connectivity index (χ0) is 38.2. The van der Waals surface area contributed by atoms with Gasteiger partial charge in [0.05, 0.1) is 99.2 Å². The second-order valence-corrected chi connectivity index (χ2v) is 13.6. The molecule has 8 nitrogen and oxygen atoms in total. The average molecular weight is 737 g/mol. The summed E-state index contributed by atoms with van der Waals surface area (Å²) in [6.45, 7) is 0. The van der Waals surface area contributed by atoms with Crippen molar-refractivity contribution in [2.24, 2.45) is 0 Å². The Balaban J connectivity index is 1.27. The van der Waals surface area contributed by atoms with Crippen LogP contribution in [0.2, 0.25) is 0 Å². The molecular weight excluding hydrogens is 697 g/mol. The van der Waals surface area contributed by atoms with Crippen LogP contribution in [0.5, 0.6) is 23.0 Å². The zero-order valence-electron chi connectivity index (χ0n) is 31.5. The van der Waals surface area contributed by atoms with Crippen LogP contribution in [0.3, 0.4) is 0 Å². The van der Waals surface area contributed by atoms with Crippen molar-refractivity contribution in [2.75, 3.05) is 28.4 Å². The molecular formula is C48H40N4O4+4. The second-order valence-electron chi connectivity index (χ2n) is 13.6. The van der Waals surface area contributed by atoms with Crippen LogP contribution in [0.15, 0.2) is 146 Å². The van der Waals surface area contributed by atoms with E-state index in [4.69, 9.17) is 18.9 Å². The van der Waals surface area contributed by atoms with Crippen molar-refractivity contribution in [2.45, 2.75) is 0 Å². The van der Waals surface area contributed by atoms with E-state index in [1.165, 1.54) is 0 Å². The van der Waals surface area contributed by atoms with Gasteiger partial charge in [-0.25, -0.2) is 0 Å². The Labute approximate surface area is 326 Å². The third-order valence-electron chi connectivity index (χ3n) is 10.4. The van der Waals surface area contributed by atoms with Crippen LogP contribution in [0.1, 0.15) is 67.8 Å². The molecule has 0 spiro atoms. The number of hydrogen-bond acceptors (Lipinski definition) is 4. The average Bonchev–Trinajstić information content (AvgIpc) is 4.10. The molecule has 4 N–H and O–H groups in total. The molecule has 0 fully saturated rings. The first kappa shape index (κ1) is 34.4. The highest BCUT2D eigenvalue weighted by molar-refractivity contribution is 5.64. The Kier molecular flexibility index (Phi) is 8.91. The lowest BCUT2D eigenvalue weighted by atomic mass is 9.92. The Morgan fingerprint density at radius 3 is 0.554 bits per heavy atom. The van der Waals surface area contributed by atoms with E-state index in [0.29, 0.717) is 0 Å². The van der Waals surface area contributed by atoms with Crippen LogP contribution in [-0.2, 0) is 0 Å². The summed E-state index contributed by atoms with van der Waals surface area (Å²) < 4.78 is 22.2. The van der Waals surface area contributed by atoms with E-state index in [1.807, 2.05) is 48.5 Å². The van der Waals surface area contributed by atoms with Crippen LogP contribution < -0.4 is 18.9 Å². The summed E-state index contributed by atoms with van der Waals surface area (Å²) in [6.07, 6.45) is 0.